The van der Waals surface area contributed by atoms with E-state index in [1.54, 1.807) is 25.4 Å². The van der Waals surface area contributed by atoms with Crippen molar-refractivity contribution in [1.82, 2.24) is 14.4 Å². The number of aromatic nitrogens is 3. The lowest BCUT2D eigenvalue weighted by atomic mass is 9.97. The monoisotopic (exact) mass is 317 g/mol. The number of benzene rings is 1. The van der Waals surface area contributed by atoms with E-state index in [0.29, 0.717) is 5.56 Å². The van der Waals surface area contributed by atoms with Crippen LogP contribution in [0.3, 0.4) is 0 Å². The molecule has 4 heteroatoms. The average molecular weight is 317 g/mol. The quantitative estimate of drug-likeness (QED) is 0.530. The molecule has 0 saturated heterocycles. The van der Waals surface area contributed by atoms with Crippen molar-refractivity contribution in [3.05, 3.63) is 78.1 Å². The third-order valence-electron chi connectivity index (χ3n) is 4.27. The number of rotatable bonds is 2. The van der Waals surface area contributed by atoms with Gasteiger partial charge in [0.05, 0.1) is 5.69 Å². The Balaban J connectivity index is 1.95. The molecule has 0 N–H and O–H groups in total. The van der Waals surface area contributed by atoms with E-state index in [1.165, 1.54) is 6.07 Å². The molecule has 3 nitrogen and oxygen atoms in total. The summed E-state index contributed by atoms with van der Waals surface area (Å²) in [5.41, 5.74) is 6.53. The smallest absolute Gasteiger partial charge is 0.136 e. The van der Waals surface area contributed by atoms with Crippen LogP contribution in [-0.2, 0) is 0 Å². The Labute approximate surface area is 139 Å². The predicted molar refractivity (Wildman–Crippen MR) is 93.3 cm³/mol. The number of halogens is 1. The van der Waals surface area contributed by atoms with E-state index in [1.807, 2.05) is 28.8 Å². The Hall–Kier alpha value is -3.01. The summed E-state index contributed by atoms with van der Waals surface area (Å²) < 4.78 is 15.6. The van der Waals surface area contributed by atoms with Crippen molar-refractivity contribution in [2.75, 3.05) is 0 Å². The Kier molecular flexibility index (Phi) is 3.38. The molecule has 0 fully saturated rings. The second-order valence-electron chi connectivity index (χ2n) is 5.93. The van der Waals surface area contributed by atoms with Crippen molar-refractivity contribution in [2.24, 2.45) is 0 Å². The minimum absolute atomic E-state index is 0.202. The van der Waals surface area contributed by atoms with Gasteiger partial charge in [0.25, 0.3) is 0 Å². The van der Waals surface area contributed by atoms with Gasteiger partial charge in [-0.3, -0.25) is 4.98 Å². The zero-order chi connectivity index (χ0) is 16.7. The molecule has 4 rings (SSSR count). The molecule has 0 radical (unpaired) electrons. The van der Waals surface area contributed by atoms with Crippen molar-refractivity contribution in [1.29, 1.82) is 0 Å². The summed E-state index contributed by atoms with van der Waals surface area (Å²) in [6.45, 7) is 3.83. The minimum atomic E-state index is -0.202. The van der Waals surface area contributed by atoms with Gasteiger partial charge in [0.1, 0.15) is 11.5 Å². The van der Waals surface area contributed by atoms with Crippen LogP contribution in [0.1, 0.15) is 11.1 Å². The lowest BCUT2D eigenvalue weighted by Crippen LogP contribution is -1.95. The molecule has 0 saturated carbocycles. The third-order valence-corrected chi connectivity index (χ3v) is 4.27. The lowest BCUT2D eigenvalue weighted by Gasteiger charge is -2.12. The predicted octanol–water partition coefficient (Wildman–Crippen LogP) is 4.82. The average Bonchev–Trinajstić information content (AvgIpc) is 3.04. The van der Waals surface area contributed by atoms with Gasteiger partial charge < -0.3 is 4.40 Å². The van der Waals surface area contributed by atoms with Crippen molar-refractivity contribution < 1.29 is 4.39 Å². The van der Waals surface area contributed by atoms with Gasteiger partial charge in [0.15, 0.2) is 0 Å². The maximum atomic E-state index is 13.6. The Morgan fingerprint density at radius 2 is 1.79 bits per heavy atom. The zero-order valence-electron chi connectivity index (χ0n) is 13.5. The van der Waals surface area contributed by atoms with Gasteiger partial charge in [0, 0.05) is 41.5 Å². The maximum absolute atomic E-state index is 13.6. The highest BCUT2D eigenvalue weighted by molar-refractivity contribution is 5.82. The summed E-state index contributed by atoms with van der Waals surface area (Å²) in [4.78, 5) is 8.88. The highest BCUT2D eigenvalue weighted by atomic mass is 19.1. The van der Waals surface area contributed by atoms with Crippen LogP contribution >= 0.6 is 0 Å². The van der Waals surface area contributed by atoms with Crippen molar-refractivity contribution in [3.63, 3.8) is 0 Å². The maximum Gasteiger partial charge on any atom is 0.136 e. The van der Waals surface area contributed by atoms with Crippen LogP contribution in [0.2, 0.25) is 0 Å². The second-order valence-corrected chi connectivity index (χ2v) is 5.93. The van der Waals surface area contributed by atoms with E-state index in [9.17, 15) is 4.39 Å². The van der Waals surface area contributed by atoms with Gasteiger partial charge in [-0.2, -0.15) is 0 Å². The van der Waals surface area contributed by atoms with Gasteiger partial charge in [-0.1, -0.05) is 6.07 Å². The van der Waals surface area contributed by atoms with Crippen LogP contribution in [0.4, 0.5) is 4.39 Å². The Morgan fingerprint density at radius 1 is 0.917 bits per heavy atom. The molecule has 0 aliphatic rings. The van der Waals surface area contributed by atoms with Gasteiger partial charge in [-0.05, 0) is 55.3 Å². The summed E-state index contributed by atoms with van der Waals surface area (Å²) in [6.07, 6.45) is 7.54. The first kappa shape index (κ1) is 14.6. The molecule has 3 aromatic heterocycles. The molecule has 3 heterocycles. The molecule has 24 heavy (non-hydrogen) atoms. The SMILES string of the molecule is Cc1cc(-c2ncccc2-c2cn3ccnc3cc2C)ccc1F. The third kappa shape index (κ3) is 2.36. The fourth-order valence-corrected chi connectivity index (χ4v) is 2.98. The number of nitrogens with zero attached hydrogens (tertiary/aromatic N) is 3. The minimum Gasteiger partial charge on any atom is -0.306 e. The van der Waals surface area contributed by atoms with Gasteiger partial charge in [-0.15, -0.1) is 0 Å². The Bertz CT molecular complexity index is 1050. The van der Waals surface area contributed by atoms with Gasteiger partial charge >= 0.3 is 0 Å². The van der Waals surface area contributed by atoms with Crippen LogP contribution in [0, 0.1) is 19.7 Å². The largest absolute Gasteiger partial charge is 0.306 e. The van der Waals surface area contributed by atoms with Crippen molar-refractivity contribution >= 4 is 5.65 Å². The lowest BCUT2D eigenvalue weighted by molar-refractivity contribution is 0.619. The molecule has 0 spiro atoms. The van der Waals surface area contributed by atoms with Crippen LogP contribution < -0.4 is 0 Å². The van der Waals surface area contributed by atoms with E-state index < -0.39 is 0 Å². The van der Waals surface area contributed by atoms with Crippen LogP contribution in [0.5, 0.6) is 0 Å². The number of aryl methyl sites for hydroxylation is 2. The number of fused-ring (bicyclic) bond motifs is 1. The van der Waals surface area contributed by atoms with E-state index in [-0.39, 0.29) is 5.82 Å². The summed E-state index contributed by atoms with van der Waals surface area (Å²) in [5, 5.41) is 0. The highest BCUT2D eigenvalue weighted by Gasteiger charge is 2.13. The molecular formula is C20H16FN3. The summed E-state index contributed by atoms with van der Waals surface area (Å²) >= 11 is 0. The fraction of sp³-hybridized carbons (Fsp3) is 0.100. The number of pyridine rings is 2. The fourth-order valence-electron chi connectivity index (χ4n) is 2.98. The summed E-state index contributed by atoms with van der Waals surface area (Å²) in [7, 11) is 0. The first-order valence-electron chi connectivity index (χ1n) is 7.79. The zero-order valence-corrected chi connectivity index (χ0v) is 13.5. The van der Waals surface area contributed by atoms with E-state index in [4.69, 9.17) is 0 Å². The molecule has 4 aromatic rings. The molecular weight excluding hydrogens is 301 g/mol. The highest BCUT2D eigenvalue weighted by Crippen LogP contribution is 2.33. The van der Waals surface area contributed by atoms with Gasteiger partial charge in [0.2, 0.25) is 0 Å². The van der Waals surface area contributed by atoms with E-state index >= 15 is 0 Å². The standard InChI is InChI=1S/C20H16FN3/c1-13-11-19-22-8-9-24(19)12-17(13)16-4-3-7-23-20(16)15-5-6-18(21)14(2)10-15/h3-12H,1-2H3. The van der Waals surface area contributed by atoms with Crippen molar-refractivity contribution in [2.45, 2.75) is 13.8 Å². The summed E-state index contributed by atoms with van der Waals surface area (Å²) in [5.74, 6) is -0.202. The number of hydrogen-bond donors (Lipinski definition) is 0. The van der Waals surface area contributed by atoms with Crippen LogP contribution in [0.15, 0.2) is 61.2 Å². The first-order valence-corrected chi connectivity index (χ1v) is 7.79. The van der Waals surface area contributed by atoms with Gasteiger partial charge in [-0.25, -0.2) is 9.37 Å². The summed E-state index contributed by atoms with van der Waals surface area (Å²) in [6, 6.07) is 11.1. The molecule has 0 aliphatic carbocycles. The molecule has 0 bridgehead atoms. The molecule has 0 atom stereocenters. The molecule has 1 aromatic carbocycles. The van der Waals surface area contributed by atoms with E-state index in [2.05, 4.69) is 29.2 Å². The number of imidazole rings is 1. The molecule has 0 amide bonds. The van der Waals surface area contributed by atoms with Crippen molar-refractivity contribution in [3.8, 4) is 22.4 Å². The molecule has 0 unspecified atom stereocenters. The first-order chi connectivity index (χ1) is 11.6. The van der Waals surface area contributed by atoms with Crippen LogP contribution in [-0.4, -0.2) is 14.4 Å². The van der Waals surface area contributed by atoms with Crippen LogP contribution in [0.25, 0.3) is 28.0 Å². The normalized spacial score (nSPS) is 11.1. The molecule has 118 valence electrons. The topological polar surface area (TPSA) is 30.2 Å². The molecule has 0 aliphatic heterocycles. The Morgan fingerprint density at radius 3 is 2.62 bits per heavy atom. The number of hydrogen-bond acceptors (Lipinski definition) is 2. The van der Waals surface area contributed by atoms with E-state index in [0.717, 1.165) is 33.6 Å². The second kappa shape index (κ2) is 5.57.